The molecule has 0 aliphatic carbocycles. The molecule has 2 aliphatic rings. The van der Waals surface area contributed by atoms with Gasteiger partial charge in [-0.15, -0.1) is 22.7 Å². The second-order valence-corrected chi connectivity index (χ2v) is 20.5. The van der Waals surface area contributed by atoms with E-state index in [-0.39, 0.29) is 0 Å². The third-order valence-electron chi connectivity index (χ3n) is 12.5. The number of esters is 8. The first-order chi connectivity index (χ1) is 35.9. The van der Waals surface area contributed by atoms with Crippen molar-refractivity contribution in [3.05, 3.63) is 104 Å². The summed E-state index contributed by atoms with van der Waals surface area (Å²) in [7, 11) is 2.65. The van der Waals surface area contributed by atoms with Crippen LogP contribution in [0.15, 0.2) is 60.7 Å². The molecule has 4 aromatic rings. The average molecular weight is 1100 g/mol. The Morgan fingerprint density at radius 2 is 0.776 bits per heavy atom. The molecule has 76 heavy (non-hydrogen) atoms. The van der Waals surface area contributed by atoms with Crippen molar-refractivity contribution < 1.29 is 95.2 Å². The summed E-state index contributed by atoms with van der Waals surface area (Å²) in [6, 6.07) is 18.9. The van der Waals surface area contributed by atoms with Crippen LogP contribution >= 0.6 is 22.7 Å². The second-order valence-electron chi connectivity index (χ2n) is 18.2. The van der Waals surface area contributed by atoms with Crippen LogP contribution in [0.25, 0.3) is 9.75 Å². The number of methoxy groups -OCH3 is 2. The Kier molecular flexibility index (Phi) is 19.4. The zero-order chi connectivity index (χ0) is 55.8. The van der Waals surface area contributed by atoms with Crippen molar-refractivity contribution in [2.24, 2.45) is 0 Å². The van der Waals surface area contributed by atoms with Gasteiger partial charge in [-0.3, -0.25) is 38.4 Å². The van der Waals surface area contributed by atoms with Crippen molar-refractivity contribution in [3.8, 4) is 9.75 Å². The van der Waals surface area contributed by atoms with Crippen LogP contribution in [0.5, 0.6) is 0 Å². The van der Waals surface area contributed by atoms with Gasteiger partial charge in [0.1, 0.15) is 25.4 Å². The smallest absolute Gasteiger partial charge is 0.303 e. The molecule has 0 bridgehead atoms. The zero-order valence-electron chi connectivity index (χ0n) is 44.2. The fraction of sp³-hybridized carbons (Fsp3) is 0.481. The normalized spacial score (nSPS) is 25.1. The van der Waals surface area contributed by atoms with Crippen LogP contribution in [0.3, 0.4) is 0 Å². The topological polar surface area (TPSA) is 247 Å². The quantitative estimate of drug-likeness (QED) is 0.0729. The Balaban J connectivity index is 1.31. The Morgan fingerprint density at radius 3 is 1.08 bits per heavy atom. The Hall–Kier alpha value is -6.56. The van der Waals surface area contributed by atoms with E-state index in [9.17, 15) is 38.4 Å². The van der Waals surface area contributed by atoms with Gasteiger partial charge in [0.2, 0.25) is 23.8 Å². The van der Waals surface area contributed by atoms with E-state index in [4.69, 9.17) is 56.8 Å². The number of thiophene rings is 2. The highest BCUT2D eigenvalue weighted by atomic mass is 32.1. The molecule has 2 aliphatic heterocycles. The van der Waals surface area contributed by atoms with Gasteiger partial charge in [-0.25, -0.2) is 0 Å². The van der Waals surface area contributed by atoms with Crippen molar-refractivity contribution in [2.75, 3.05) is 27.4 Å². The van der Waals surface area contributed by atoms with E-state index in [0.717, 1.165) is 83.3 Å². The summed E-state index contributed by atoms with van der Waals surface area (Å²) in [4.78, 5) is 103. The molecule has 2 saturated heterocycles. The van der Waals surface area contributed by atoms with Gasteiger partial charge in [0.05, 0.1) is 0 Å². The summed E-state index contributed by atoms with van der Waals surface area (Å²) < 4.78 is 70.2. The lowest BCUT2D eigenvalue weighted by Crippen LogP contribution is -2.67. The minimum absolute atomic E-state index is 0.373. The molecule has 0 radical (unpaired) electrons. The van der Waals surface area contributed by atoms with E-state index in [0.29, 0.717) is 24.0 Å². The number of carbonyl (C=O) groups is 8. The van der Waals surface area contributed by atoms with Crippen molar-refractivity contribution >= 4 is 70.4 Å². The second kappa shape index (κ2) is 25.1. The van der Waals surface area contributed by atoms with Crippen LogP contribution in [-0.2, 0) is 120 Å². The fourth-order valence-corrected chi connectivity index (χ4v) is 11.5. The summed E-state index contributed by atoms with van der Waals surface area (Å²) in [6.45, 7) is 12.3. The van der Waals surface area contributed by atoms with Gasteiger partial charge in [-0.2, -0.15) is 0 Å². The van der Waals surface area contributed by atoms with Crippen LogP contribution in [0, 0.1) is 13.8 Å². The van der Waals surface area contributed by atoms with Gasteiger partial charge in [0, 0.05) is 113 Å². The van der Waals surface area contributed by atoms with Gasteiger partial charge in [-0.1, -0.05) is 24.3 Å². The van der Waals surface area contributed by atoms with Crippen molar-refractivity contribution in [1.82, 2.24) is 0 Å². The number of benzene rings is 2. The molecule has 0 amide bonds. The average Bonchev–Trinajstić information content (AvgIpc) is 4.01. The number of rotatable bonds is 19. The molecule has 2 fully saturated rings. The minimum atomic E-state index is -1.96. The van der Waals surface area contributed by atoms with Crippen molar-refractivity contribution in [3.63, 3.8) is 0 Å². The SMILES string of the molecule is COC1(c2ccc(C)c(Cc3ccc(-c4ccc(Cc5cc(C6(OC)O[C@H](COC(C)=O)[C@@H](OC(C)=O)[C@H](OC(C)=O)[C@H]6OC(C)=O)ccc5C)s4)s3)c2)O[C@H](COC(C)=O)[C@@H](OC(C)=O)[C@H](OC(C)=O)[C@H]1OC(C)=O. The third kappa shape index (κ3) is 13.7. The summed E-state index contributed by atoms with van der Waals surface area (Å²) in [5, 5.41) is 0. The molecular weight excluding hydrogens is 1030 g/mol. The lowest BCUT2D eigenvalue weighted by atomic mass is 9.85. The summed E-state index contributed by atoms with van der Waals surface area (Å²) in [5.74, 6) is -9.85. The molecule has 20 nitrogen and oxygen atoms in total. The molecule has 2 aromatic carbocycles. The molecule has 0 saturated carbocycles. The summed E-state index contributed by atoms with van der Waals surface area (Å²) in [5.41, 5.74) is 4.26. The summed E-state index contributed by atoms with van der Waals surface area (Å²) in [6.07, 6.45) is -10.3. The number of aryl methyl sites for hydroxylation is 2. The zero-order valence-corrected chi connectivity index (χ0v) is 45.8. The number of hydrogen-bond donors (Lipinski definition) is 0. The molecule has 2 aromatic heterocycles. The lowest BCUT2D eigenvalue weighted by Gasteiger charge is -2.50. The van der Waals surface area contributed by atoms with Crippen molar-refractivity contribution in [2.45, 2.75) is 142 Å². The van der Waals surface area contributed by atoms with Gasteiger partial charge in [0.15, 0.2) is 24.4 Å². The fourth-order valence-electron chi connectivity index (χ4n) is 9.30. The maximum Gasteiger partial charge on any atom is 0.303 e. The standard InChI is InChI=1S/C54H62O20S2/c1-27-13-15-39(53(63-11)51(71-35(9)61)49(69-33(7)59)47(67-31(5)57)43(73-53)25-65-29(3)55)21-37(27)23-41-17-19-45(75-41)46-20-18-42(76-46)24-38-22-40(16-14-28(38)2)54(64-12)52(72-36(10)62)50(70-34(8)60)48(68-32(6)58)44(74-54)26-66-30(4)56/h13-22,43-44,47-52H,23-26H2,1-12H3/t43-,44-,47-,48-,49+,50+,51-,52-,53?,54?/m1/s1. The minimum Gasteiger partial charge on any atom is -0.463 e. The molecule has 0 spiro atoms. The predicted octanol–water partition coefficient (Wildman–Crippen LogP) is 6.39. The molecule has 10 atom stereocenters. The maximum atomic E-state index is 12.7. The van der Waals surface area contributed by atoms with Crippen LogP contribution < -0.4 is 0 Å². The Bertz CT molecular complexity index is 2630. The molecular formula is C54H62O20S2. The van der Waals surface area contributed by atoms with Gasteiger partial charge in [0.25, 0.3) is 0 Å². The first-order valence-corrected chi connectivity index (χ1v) is 25.7. The summed E-state index contributed by atoms with van der Waals surface area (Å²) >= 11 is 3.17. The van der Waals surface area contributed by atoms with E-state index in [1.807, 2.05) is 62.4 Å². The largest absolute Gasteiger partial charge is 0.463 e. The van der Waals surface area contributed by atoms with E-state index in [1.165, 1.54) is 28.1 Å². The van der Waals surface area contributed by atoms with Crippen LogP contribution in [0.2, 0.25) is 0 Å². The highest BCUT2D eigenvalue weighted by Gasteiger charge is 2.63. The Labute approximate surface area is 447 Å². The van der Waals surface area contributed by atoms with Gasteiger partial charge >= 0.3 is 47.8 Å². The molecule has 410 valence electrons. The van der Waals surface area contributed by atoms with E-state index >= 15 is 0 Å². The molecule has 0 N–H and O–H groups in total. The van der Waals surface area contributed by atoms with Crippen LogP contribution in [0.1, 0.15) is 98.5 Å². The number of hydrogen-bond acceptors (Lipinski definition) is 22. The van der Waals surface area contributed by atoms with E-state index in [2.05, 4.69) is 0 Å². The highest BCUT2D eigenvalue weighted by molar-refractivity contribution is 7.22. The number of carbonyl (C=O) groups excluding carboxylic acids is 8. The first kappa shape index (κ1) is 58.7. The van der Waals surface area contributed by atoms with Gasteiger partial charge < -0.3 is 56.8 Å². The first-order valence-electron chi connectivity index (χ1n) is 24.0. The van der Waals surface area contributed by atoms with E-state index < -0.39 is 121 Å². The Morgan fingerprint density at radius 1 is 0.447 bits per heavy atom. The third-order valence-corrected chi connectivity index (χ3v) is 14.8. The van der Waals surface area contributed by atoms with Crippen LogP contribution in [-0.4, -0.2) is 124 Å². The molecule has 22 heteroatoms. The maximum absolute atomic E-state index is 12.7. The highest BCUT2D eigenvalue weighted by Crippen LogP contribution is 2.46. The van der Waals surface area contributed by atoms with Gasteiger partial charge in [-0.05, 0) is 72.5 Å². The molecule has 6 rings (SSSR count). The number of ether oxygens (including phenoxy) is 12. The predicted molar refractivity (Wildman–Crippen MR) is 269 cm³/mol. The molecule has 2 unspecified atom stereocenters. The van der Waals surface area contributed by atoms with E-state index in [1.54, 1.807) is 34.8 Å². The molecule has 4 heterocycles. The van der Waals surface area contributed by atoms with Crippen molar-refractivity contribution in [1.29, 1.82) is 0 Å². The van der Waals surface area contributed by atoms with Crippen LogP contribution in [0.4, 0.5) is 0 Å². The lowest BCUT2D eigenvalue weighted by molar-refractivity contribution is -0.367. The monoisotopic (exact) mass is 1090 g/mol.